The molecule has 7 unspecified atom stereocenters. The maximum absolute atomic E-state index is 12.3. The molecule has 164 valence electrons. The van der Waals surface area contributed by atoms with Crippen LogP contribution in [0, 0.1) is 17.8 Å². The zero-order valence-corrected chi connectivity index (χ0v) is 16.7. The van der Waals surface area contributed by atoms with E-state index in [-0.39, 0.29) is 24.0 Å². The first kappa shape index (κ1) is 22.2. The second-order valence-corrected chi connectivity index (χ2v) is 8.10. The van der Waals surface area contributed by atoms with Crippen molar-refractivity contribution in [2.75, 3.05) is 13.2 Å². The van der Waals surface area contributed by atoms with Crippen LogP contribution in [0.3, 0.4) is 0 Å². The minimum absolute atomic E-state index is 0.0667. The minimum atomic E-state index is -1.89. The van der Waals surface area contributed by atoms with Crippen LogP contribution in [0.5, 0.6) is 0 Å². The van der Waals surface area contributed by atoms with Crippen molar-refractivity contribution in [1.82, 2.24) is 0 Å². The number of aliphatic hydroxyl groups excluding tert-OH is 2. The summed E-state index contributed by atoms with van der Waals surface area (Å²) in [6, 6.07) is 0. The summed E-state index contributed by atoms with van der Waals surface area (Å²) in [6.07, 6.45) is -2.59. The van der Waals surface area contributed by atoms with Crippen molar-refractivity contribution in [3.05, 3.63) is 36.5 Å². The molecule has 9 nitrogen and oxygen atoms in total. The first-order valence-electron chi connectivity index (χ1n) is 9.62. The van der Waals surface area contributed by atoms with Crippen molar-refractivity contribution in [1.29, 1.82) is 0 Å². The first-order valence-corrected chi connectivity index (χ1v) is 9.62. The summed E-state index contributed by atoms with van der Waals surface area (Å²) in [7, 11) is 0. The highest BCUT2D eigenvalue weighted by Crippen LogP contribution is 2.55. The Kier molecular flexibility index (Phi) is 5.90. The van der Waals surface area contributed by atoms with Crippen LogP contribution in [-0.4, -0.2) is 70.4 Å². The van der Waals surface area contributed by atoms with E-state index < -0.39 is 72.8 Å². The van der Waals surface area contributed by atoms with E-state index in [9.17, 15) is 24.6 Å². The topological polar surface area (TPSA) is 140 Å². The summed E-state index contributed by atoms with van der Waals surface area (Å²) in [6.45, 7) is 11.1. The molecule has 2 aliphatic carbocycles. The standard InChI is InChI=1S/C21H26O9/c1-9-5-14(29-19(25)10(2)7-22)16-11(3)20(26)30-18(16)17-13(9)6-15(28-12(4)24)21(17,27)8-23/h13-18,22-23,27H,1-3,5-8H2,4H3. The number of rotatable bonds is 5. The van der Waals surface area contributed by atoms with Crippen molar-refractivity contribution in [2.24, 2.45) is 17.8 Å². The molecule has 30 heavy (non-hydrogen) atoms. The van der Waals surface area contributed by atoms with Gasteiger partial charge in [-0.25, -0.2) is 9.59 Å². The molecule has 0 aromatic carbocycles. The lowest BCUT2D eigenvalue weighted by atomic mass is 9.76. The Balaban J connectivity index is 2.02. The Morgan fingerprint density at radius 3 is 2.50 bits per heavy atom. The fourth-order valence-electron chi connectivity index (χ4n) is 4.91. The molecule has 0 bridgehead atoms. The van der Waals surface area contributed by atoms with Crippen LogP contribution in [0.2, 0.25) is 0 Å². The van der Waals surface area contributed by atoms with Gasteiger partial charge in [0, 0.05) is 24.8 Å². The van der Waals surface area contributed by atoms with Gasteiger partial charge in [0.05, 0.1) is 24.7 Å². The van der Waals surface area contributed by atoms with Gasteiger partial charge < -0.3 is 29.5 Å². The molecule has 0 aromatic heterocycles. The Labute approximate surface area is 173 Å². The van der Waals surface area contributed by atoms with E-state index in [1.54, 1.807) is 0 Å². The summed E-state index contributed by atoms with van der Waals surface area (Å²) in [4.78, 5) is 36.1. The summed E-state index contributed by atoms with van der Waals surface area (Å²) < 4.78 is 16.3. The van der Waals surface area contributed by atoms with Crippen LogP contribution in [0.25, 0.3) is 0 Å². The third-order valence-electron chi connectivity index (χ3n) is 6.34. The summed E-state index contributed by atoms with van der Waals surface area (Å²) in [5, 5.41) is 30.5. The largest absolute Gasteiger partial charge is 0.459 e. The number of carbonyl (C=O) groups is 3. The van der Waals surface area contributed by atoms with Gasteiger partial charge in [-0.15, -0.1) is 0 Å². The summed E-state index contributed by atoms with van der Waals surface area (Å²) >= 11 is 0. The smallest absolute Gasteiger partial charge is 0.336 e. The van der Waals surface area contributed by atoms with Gasteiger partial charge in [0.1, 0.15) is 23.9 Å². The van der Waals surface area contributed by atoms with Gasteiger partial charge in [0.25, 0.3) is 0 Å². The third-order valence-corrected chi connectivity index (χ3v) is 6.34. The number of hydrogen-bond acceptors (Lipinski definition) is 9. The van der Waals surface area contributed by atoms with Crippen LogP contribution in [-0.2, 0) is 28.6 Å². The second kappa shape index (κ2) is 7.98. The molecule has 3 rings (SSSR count). The lowest BCUT2D eigenvalue weighted by Gasteiger charge is -2.37. The molecule has 0 radical (unpaired) electrons. The maximum Gasteiger partial charge on any atom is 0.336 e. The van der Waals surface area contributed by atoms with Gasteiger partial charge in [-0.05, 0) is 12.3 Å². The van der Waals surface area contributed by atoms with Crippen LogP contribution >= 0.6 is 0 Å². The molecule has 3 N–H and O–H groups in total. The lowest BCUT2D eigenvalue weighted by molar-refractivity contribution is -0.181. The van der Waals surface area contributed by atoms with Gasteiger partial charge in [0.15, 0.2) is 0 Å². The SMILES string of the molecule is C=C(CO)C(=O)OC1CC(=C)C2CC(OC(C)=O)C(O)(CO)C2C2OC(=O)C(=C)C12. The van der Waals surface area contributed by atoms with Crippen molar-refractivity contribution in [3.63, 3.8) is 0 Å². The number of fused-ring (bicyclic) bond motifs is 3. The van der Waals surface area contributed by atoms with E-state index in [0.29, 0.717) is 5.57 Å². The van der Waals surface area contributed by atoms with E-state index in [4.69, 9.17) is 19.3 Å². The highest BCUT2D eigenvalue weighted by molar-refractivity contribution is 5.92. The highest BCUT2D eigenvalue weighted by Gasteiger charge is 2.65. The molecule has 3 fully saturated rings. The highest BCUT2D eigenvalue weighted by atomic mass is 16.6. The van der Waals surface area contributed by atoms with E-state index in [2.05, 4.69) is 19.7 Å². The van der Waals surface area contributed by atoms with Gasteiger partial charge in [0.2, 0.25) is 0 Å². The molecule has 0 aromatic rings. The third kappa shape index (κ3) is 3.46. The molecule has 9 heteroatoms. The quantitative estimate of drug-likeness (QED) is 0.238. The Morgan fingerprint density at radius 1 is 1.27 bits per heavy atom. The molecular formula is C21H26O9. The number of aliphatic hydroxyl groups is 3. The second-order valence-electron chi connectivity index (χ2n) is 8.10. The monoisotopic (exact) mass is 422 g/mol. The number of hydrogen-bond donors (Lipinski definition) is 3. The molecule has 2 saturated carbocycles. The van der Waals surface area contributed by atoms with Gasteiger partial charge >= 0.3 is 17.9 Å². The Morgan fingerprint density at radius 2 is 1.93 bits per heavy atom. The summed E-state index contributed by atoms with van der Waals surface area (Å²) in [5.41, 5.74) is -1.38. The molecule has 0 amide bonds. The van der Waals surface area contributed by atoms with E-state index >= 15 is 0 Å². The Hall–Kier alpha value is -2.49. The van der Waals surface area contributed by atoms with Crippen molar-refractivity contribution in [2.45, 2.75) is 43.7 Å². The molecule has 3 aliphatic rings. The zero-order valence-electron chi connectivity index (χ0n) is 16.7. The van der Waals surface area contributed by atoms with E-state index in [0.717, 1.165) is 0 Å². The van der Waals surface area contributed by atoms with E-state index in [1.807, 2.05) is 0 Å². The predicted molar refractivity (Wildman–Crippen MR) is 102 cm³/mol. The fraction of sp³-hybridized carbons (Fsp3) is 0.571. The number of carbonyl (C=O) groups excluding carboxylic acids is 3. The van der Waals surface area contributed by atoms with Crippen LogP contribution < -0.4 is 0 Å². The molecule has 7 atom stereocenters. The van der Waals surface area contributed by atoms with Crippen molar-refractivity contribution < 1.29 is 43.9 Å². The van der Waals surface area contributed by atoms with Gasteiger partial charge in [-0.3, -0.25) is 4.79 Å². The fourth-order valence-corrected chi connectivity index (χ4v) is 4.91. The average Bonchev–Trinajstić information content (AvgIpc) is 3.09. The molecule has 1 heterocycles. The van der Waals surface area contributed by atoms with Crippen LogP contribution in [0.4, 0.5) is 0 Å². The number of esters is 3. The first-order chi connectivity index (χ1) is 14.0. The lowest BCUT2D eigenvalue weighted by Crippen LogP contribution is -2.54. The average molecular weight is 422 g/mol. The van der Waals surface area contributed by atoms with Crippen molar-refractivity contribution in [3.8, 4) is 0 Å². The number of ether oxygens (including phenoxy) is 3. The molecule has 0 spiro atoms. The van der Waals surface area contributed by atoms with Crippen LogP contribution in [0.1, 0.15) is 19.8 Å². The van der Waals surface area contributed by atoms with Gasteiger partial charge in [-0.1, -0.05) is 25.3 Å². The molecular weight excluding hydrogens is 396 g/mol. The van der Waals surface area contributed by atoms with Crippen molar-refractivity contribution >= 4 is 17.9 Å². The molecule has 1 saturated heterocycles. The van der Waals surface area contributed by atoms with Crippen LogP contribution in [0.15, 0.2) is 36.5 Å². The van der Waals surface area contributed by atoms with E-state index in [1.165, 1.54) is 6.92 Å². The normalized spacial score (nSPS) is 37.7. The zero-order chi connectivity index (χ0) is 22.4. The minimum Gasteiger partial charge on any atom is -0.459 e. The Bertz CT molecular complexity index is 815. The predicted octanol–water partition coefficient (Wildman–Crippen LogP) is -0.204. The maximum atomic E-state index is 12.3. The summed E-state index contributed by atoms with van der Waals surface area (Å²) in [5.74, 6) is -4.28. The van der Waals surface area contributed by atoms with Gasteiger partial charge in [-0.2, -0.15) is 0 Å². The molecule has 1 aliphatic heterocycles.